The zero-order chi connectivity index (χ0) is 18.0. The molecule has 0 aliphatic heterocycles. The van der Waals surface area contributed by atoms with E-state index >= 15 is 0 Å². The smallest absolute Gasteiger partial charge is 0.197 e. The van der Waals surface area contributed by atoms with Gasteiger partial charge in [-0.25, -0.2) is 0 Å². The maximum atomic E-state index is 12.8. The second kappa shape index (κ2) is 6.53. The highest BCUT2D eigenvalue weighted by atomic mass is 19.4. The van der Waals surface area contributed by atoms with Gasteiger partial charge in [0.15, 0.2) is 5.41 Å². The summed E-state index contributed by atoms with van der Waals surface area (Å²) in [5.41, 5.74) is -1.57. The van der Waals surface area contributed by atoms with Crippen LogP contribution < -0.4 is 0 Å². The number of nitrogens with zero attached hydrogens (tertiary/aromatic N) is 2. The number of benzene rings is 1. The van der Waals surface area contributed by atoms with Gasteiger partial charge in [0.25, 0.3) is 0 Å². The maximum absolute atomic E-state index is 12.8. The van der Waals surface area contributed by atoms with Gasteiger partial charge in [-0.2, -0.15) is 23.7 Å². The molecule has 0 saturated heterocycles. The Bertz CT molecular complexity index is 690. The fourth-order valence-corrected chi connectivity index (χ4v) is 3.61. The molecule has 1 aliphatic rings. The van der Waals surface area contributed by atoms with Crippen molar-refractivity contribution in [2.75, 3.05) is 0 Å². The third kappa shape index (κ3) is 2.83. The Hall–Kier alpha value is -2.53. The minimum absolute atomic E-state index is 0.155. The van der Waals surface area contributed by atoms with E-state index in [1.807, 2.05) is 0 Å². The molecule has 2 nitrogen and oxygen atoms in total. The van der Waals surface area contributed by atoms with Crippen LogP contribution in [0.25, 0.3) is 0 Å². The lowest BCUT2D eigenvalue weighted by molar-refractivity contribution is -0.137. The Balaban J connectivity index is 2.57. The van der Waals surface area contributed by atoms with Crippen LogP contribution in [-0.2, 0) is 6.18 Å². The first kappa shape index (κ1) is 17.8. The molecule has 1 aromatic rings. The number of nitriles is 2. The molecule has 0 radical (unpaired) electrons. The van der Waals surface area contributed by atoms with E-state index in [2.05, 4.69) is 25.3 Å². The van der Waals surface area contributed by atoms with E-state index in [0.717, 1.165) is 12.1 Å². The number of hydrogen-bond donors (Lipinski definition) is 0. The number of halogens is 3. The van der Waals surface area contributed by atoms with Crippen molar-refractivity contribution in [3.05, 3.63) is 60.7 Å². The summed E-state index contributed by atoms with van der Waals surface area (Å²) in [7, 11) is 0. The summed E-state index contributed by atoms with van der Waals surface area (Å²) < 4.78 is 38.3. The van der Waals surface area contributed by atoms with Gasteiger partial charge in [-0.1, -0.05) is 24.3 Å². The van der Waals surface area contributed by atoms with Gasteiger partial charge in [-0.3, -0.25) is 0 Å². The Morgan fingerprint density at radius 3 is 2.04 bits per heavy atom. The van der Waals surface area contributed by atoms with E-state index in [0.29, 0.717) is 18.4 Å². The molecule has 1 fully saturated rings. The normalized spacial score (nSPS) is 26.0. The van der Waals surface area contributed by atoms with E-state index in [9.17, 15) is 23.7 Å². The van der Waals surface area contributed by atoms with Crippen LogP contribution in [0.3, 0.4) is 0 Å². The fraction of sp³-hybridized carbons (Fsp3) is 0.368. The van der Waals surface area contributed by atoms with Crippen LogP contribution in [-0.4, -0.2) is 0 Å². The molecule has 1 aromatic carbocycles. The lowest BCUT2D eigenvalue weighted by atomic mass is 9.56. The average molecular weight is 330 g/mol. The molecule has 2 rings (SSSR count). The van der Waals surface area contributed by atoms with Crippen LogP contribution in [0.2, 0.25) is 0 Å². The lowest BCUT2D eigenvalue weighted by Crippen LogP contribution is -2.41. The van der Waals surface area contributed by atoms with Crippen LogP contribution >= 0.6 is 0 Å². The predicted octanol–water partition coefficient (Wildman–Crippen LogP) is 5.22. The van der Waals surface area contributed by atoms with E-state index in [-0.39, 0.29) is 11.8 Å². The van der Waals surface area contributed by atoms with Gasteiger partial charge >= 0.3 is 6.18 Å². The molecule has 124 valence electrons. The summed E-state index contributed by atoms with van der Waals surface area (Å²) >= 11 is 0. The van der Waals surface area contributed by atoms with Crippen molar-refractivity contribution in [2.24, 2.45) is 17.3 Å². The molecule has 0 heterocycles. The molecular formula is C19H17F3N2. The largest absolute Gasteiger partial charge is 0.416 e. The molecule has 0 N–H and O–H groups in total. The molecule has 24 heavy (non-hydrogen) atoms. The first-order valence-electron chi connectivity index (χ1n) is 7.58. The van der Waals surface area contributed by atoms with Crippen LogP contribution in [0.5, 0.6) is 0 Å². The first-order valence-corrected chi connectivity index (χ1v) is 7.58. The Labute approximate surface area is 139 Å². The van der Waals surface area contributed by atoms with Crippen LogP contribution in [0, 0.1) is 39.9 Å². The van der Waals surface area contributed by atoms with Crippen molar-refractivity contribution in [2.45, 2.75) is 24.9 Å². The topological polar surface area (TPSA) is 47.6 Å². The average Bonchev–Trinajstić information content (AvgIpc) is 2.59. The number of alkyl halides is 3. The SMILES string of the molecule is C=C[C@@H]1CC[C@@H](C=C)C(C#N)(C#N)[C@@H]1c1ccc(C(F)(F)F)cc1. The van der Waals surface area contributed by atoms with Crippen LogP contribution in [0.15, 0.2) is 49.6 Å². The molecule has 5 heteroatoms. The zero-order valence-electron chi connectivity index (χ0n) is 13.1. The van der Waals surface area contributed by atoms with Gasteiger partial charge in [0.05, 0.1) is 17.7 Å². The first-order chi connectivity index (χ1) is 11.3. The van der Waals surface area contributed by atoms with Crippen molar-refractivity contribution >= 4 is 0 Å². The minimum atomic E-state index is -4.42. The van der Waals surface area contributed by atoms with Crippen LogP contribution in [0.4, 0.5) is 13.2 Å². The van der Waals surface area contributed by atoms with E-state index in [1.54, 1.807) is 12.2 Å². The maximum Gasteiger partial charge on any atom is 0.416 e. The standard InChI is InChI=1S/C19H17F3N2/c1-3-13-5-8-15(4-2)18(11-23,12-24)17(13)14-6-9-16(10-7-14)19(20,21)22/h3-4,6-7,9-10,13,15,17H,1-2,5,8H2/t13-,15-,17+/m1/s1. The highest BCUT2D eigenvalue weighted by Gasteiger charge is 2.51. The van der Waals surface area contributed by atoms with Gasteiger partial charge in [0.1, 0.15) is 0 Å². The summed E-state index contributed by atoms with van der Waals surface area (Å²) in [4.78, 5) is 0. The van der Waals surface area contributed by atoms with Crippen molar-refractivity contribution in [1.29, 1.82) is 10.5 Å². The Morgan fingerprint density at radius 1 is 1.04 bits per heavy atom. The number of allylic oxidation sites excluding steroid dienone is 2. The van der Waals surface area contributed by atoms with E-state index in [4.69, 9.17) is 0 Å². The van der Waals surface area contributed by atoms with E-state index in [1.165, 1.54) is 12.1 Å². The minimum Gasteiger partial charge on any atom is -0.197 e. The number of hydrogen-bond acceptors (Lipinski definition) is 2. The van der Waals surface area contributed by atoms with E-state index < -0.39 is 23.1 Å². The molecule has 0 amide bonds. The van der Waals surface area contributed by atoms with Crippen LogP contribution in [0.1, 0.15) is 29.9 Å². The molecule has 1 saturated carbocycles. The van der Waals surface area contributed by atoms with Crippen molar-refractivity contribution < 1.29 is 13.2 Å². The van der Waals surface area contributed by atoms with Crippen molar-refractivity contribution in [1.82, 2.24) is 0 Å². The Morgan fingerprint density at radius 2 is 1.62 bits per heavy atom. The zero-order valence-corrected chi connectivity index (χ0v) is 13.1. The third-order valence-corrected chi connectivity index (χ3v) is 4.87. The van der Waals surface area contributed by atoms with Gasteiger partial charge < -0.3 is 0 Å². The number of rotatable bonds is 3. The van der Waals surface area contributed by atoms with Crippen molar-refractivity contribution in [3.63, 3.8) is 0 Å². The lowest BCUT2D eigenvalue weighted by Gasteiger charge is -2.43. The summed E-state index contributed by atoms with van der Waals surface area (Å²) in [6.07, 6.45) is 0.192. The summed E-state index contributed by atoms with van der Waals surface area (Å²) in [5, 5.41) is 19.5. The molecule has 0 bridgehead atoms. The van der Waals surface area contributed by atoms with Gasteiger partial charge in [-0.05, 0) is 36.5 Å². The molecule has 3 atom stereocenters. The molecular weight excluding hydrogens is 313 g/mol. The highest BCUT2D eigenvalue weighted by molar-refractivity contribution is 5.38. The summed E-state index contributed by atoms with van der Waals surface area (Å²) in [6, 6.07) is 8.95. The van der Waals surface area contributed by atoms with Gasteiger partial charge in [0, 0.05) is 11.8 Å². The van der Waals surface area contributed by atoms with Gasteiger partial charge in [-0.15, -0.1) is 13.2 Å². The third-order valence-electron chi connectivity index (χ3n) is 4.87. The fourth-order valence-electron chi connectivity index (χ4n) is 3.61. The quantitative estimate of drug-likeness (QED) is 0.713. The van der Waals surface area contributed by atoms with Crippen molar-refractivity contribution in [3.8, 4) is 12.1 Å². The highest BCUT2D eigenvalue weighted by Crippen LogP contribution is 2.53. The Kier molecular flexibility index (Phi) is 4.85. The molecule has 0 aromatic heterocycles. The summed E-state index contributed by atoms with van der Waals surface area (Å²) in [6.45, 7) is 7.50. The van der Waals surface area contributed by atoms with Gasteiger partial charge in [0.2, 0.25) is 0 Å². The summed E-state index contributed by atoms with van der Waals surface area (Å²) in [5.74, 6) is -1.03. The second-order valence-corrected chi connectivity index (χ2v) is 6.01. The molecule has 1 aliphatic carbocycles. The second-order valence-electron chi connectivity index (χ2n) is 6.01. The predicted molar refractivity (Wildman–Crippen MR) is 84.5 cm³/mol. The monoisotopic (exact) mass is 330 g/mol. The molecule has 0 unspecified atom stereocenters. The molecule has 0 spiro atoms.